The molecule has 2 rings (SSSR count). The van der Waals surface area contributed by atoms with Crippen LogP contribution in [0.2, 0.25) is 20.1 Å². The topological polar surface area (TPSA) is 84.9 Å². The molecule has 26 heavy (non-hydrogen) atoms. The molecule has 0 atom stereocenters. The number of esters is 1. The van der Waals surface area contributed by atoms with Crippen LogP contribution >= 0.6 is 46.4 Å². The highest BCUT2D eigenvalue weighted by atomic mass is 35.5. The van der Waals surface area contributed by atoms with Gasteiger partial charge in [0.05, 0.1) is 28.4 Å². The van der Waals surface area contributed by atoms with Gasteiger partial charge in [0.2, 0.25) is 0 Å². The number of methoxy groups -OCH3 is 1. The van der Waals surface area contributed by atoms with Crippen LogP contribution in [0.15, 0.2) is 24.3 Å². The Bertz CT molecular complexity index is 872. The highest BCUT2D eigenvalue weighted by molar-refractivity contribution is 6.37. The van der Waals surface area contributed by atoms with Crippen molar-refractivity contribution >= 4 is 64.0 Å². The molecule has 0 aliphatic rings. The maximum absolute atomic E-state index is 12.5. The molecule has 0 saturated carbocycles. The van der Waals surface area contributed by atoms with Crippen molar-refractivity contribution in [3.8, 4) is 11.5 Å². The molecular weight excluding hydrogens is 428 g/mol. The van der Waals surface area contributed by atoms with E-state index in [-0.39, 0.29) is 37.1 Å². The first-order valence-electron chi connectivity index (χ1n) is 6.91. The number of benzene rings is 2. The second-order valence-electron chi connectivity index (χ2n) is 4.87. The van der Waals surface area contributed by atoms with Gasteiger partial charge in [0, 0.05) is 10.0 Å². The van der Waals surface area contributed by atoms with E-state index in [4.69, 9.17) is 51.1 Å². The van der Waals surface area contributed by atoms with Gasteiger partial charge in [0.15, 0.2) is 12.4 Å². The molecule has 0 aliphatic carbocycles. The number of phenols is 1. The number of phenolic OH excluding ortho intramolecular Hbond substituents is 1. The minimum Gasteiger partial charge on any atom is -0.506 e. The van der Waals surface area contributed by atoms with Crippen LogP contribution < -0.4 is 10.1 Å². The third-order valence-corrected chi connectivity index (χ3v) is 4.10. The van der Waals surface area contributed by atoms with E-state index >= 15 is 0 Å². The van der Waals surface area contributed by atoms with Gasteiger partial charge in [-0.3, -0.25) is 4.79 Å². The molecule has 0 saturated heterocycles. The summed E-state index contributed by atoms with van der Waals surface area (Å²) >= 11 is 23.7. The van der Waals surface area contributed by atoms with E-state index in [0.29, 0.717) is 0 Å². The number of amides is 1. The van der Waals surface area contributed by atoms with E-state index in [9.17, 15) is 14.7 Å². The van der Waals surface area contributed by atoms with Gasteiger partial charge >= 0.3 is 5.97 Å². The molecule has 0 unspecified atom stereocenters. The summed E-state index contributed by atoms with van der Waals surface area (Å²) in [6, 6.07) is 5.26. The monoisotopic (exact) mass is 437 g/mol. The number of hydrogen-bond acceptors (Lipinski definition) is 5. The Balaban J connectivity index is 2.36. The van der Waals surface area contributed by atoms with Crippen LogP contribution in [0, 0.1) is 0 Å². The van der Waals surface area contributed by atoms with E-state index < -0.39 is 24.2 Å². The smallest absolute Gasteiger partial charge is 0.343 e. The summed E-state index contributed by atoms with van der Waals surface area (Å²) in [6.45, 7) is -0.436. The number of aromatic hydroxyl groups is 1. The molecule has 0 aliphatic heterocycles. The van der Waals surface area contributed by atoms with Gasteiger partial charge in [0.25, 0.3) is 5.91 Å². The highest BCUT2D eigenvalue weighted by Crippen LogP contribution is 2.38. The Morgan fingerprint density at radius 2 is 1.65 bits per heavy atom. The van der Waals surface area contributed by atoms with Crippen LogP contribution in [0.3, 0.4) is 0 Å². The predicted octanol–water partition coefficient (Wildman–Crippen LogP) is 4.81. The van der Waals surface area contributed by atoms with E-state index in [1.54, 1.807) is 0 Å². The third kappa shape index (κ3) is 4.86. The Kier molecular flexibility index (Phi) is 6.83. The van der Waals surface area contributed by atoms with Gasteiger partial charge < -0.3 is 19.9 Å². The lowest BCUT2D eigenvalue weighted by atomic mass is 10.1. The molecule has 2 aromatic rings. The maximum Gasteiger partial charge on any atom is 0.343 e. The lowest BCUT2D eigenvalue weighted by molar-refractivity contribution is -0.142. The Morgan fingerprint density at radius 1 is 1.04 bits per heavy atom. The third-order valence-electron chi connectivity index (χ3n) is 3.09. The van der Waals surface area contributed by atoms with Crippen LogP contribution in [0.1, 0.15) is 10.4 Å². The van der Waals surface area contributed by atoms with E-state index in [0.717, 1.165) is 0 Å². The number of halogens is 4. The quantitative estimate of drug-likeness (QED) is 0.654. The molecule has 0 fully saturated rings. The molecule has 6 nitrogen and oxygen atoms in total. The van der Waals surface area contributed by atoms with Crippen LogP contribution in [0.4, 0.5) is 5.69 Å². The van der Waals surface area contributed by atoms with Crippen molar-refractivity contribution in [3.05, 3.63) is 49.9 Å². The Labute approximate surface area is 168 Å². The first-order valence-corrected chi connectivity index (χ1v) is 8.42. The van der Waals surface area contributed by atoms with Crippen molar-refractivity contribution in [2.24, 2.45) is 0 Å². The standard InChI is InChI=1S/C16H11Cl4NO5/c1-25-13(22)6-26-15-11(20)4-8(18)5-12(15)21-16(24)9-2-7(17)3-10(19)14(9)23/h2-5,23H,6H2,1H3,(H,21,24). The fourth-order valence-electron chi connectivity index (χ4n) is 1.92. The van der Waals surface area contributed by atoms with Crippen LogP contribution in [0.5, 0.6) is 11.5 Å². The summed E-state index contributed by atoms with van der Waals surface area (Å²) in [4.78, 5) is 23.8. The number of carbonyl (C=O) groups excluding carboxylic acids is 2. The average Bonchev–Trinajstić information content (AvgIpc) is 2.56. The second kappa shape index (κ2) is 8.68. The molecule has 0 heterocycles. The van der Waals surface area contributed by atoms with E-state index in [2.05, 4.69) is 10.1 Å². The van der Waals surface area contributed by atoms with Gasteiger partial charge in [-0.2, -0.15) is 0 Å². The Morgan fingerprint density at radius 3 is 2.31 bits per heavy atom. The highest BCUT2D eigenvalue weighted by Gasteiger charge is 2.19. The van der Waals surface area contributed by atoms with Crippen molar-refractivity contribution in [2.45, 2.75) is 0 Å². The zero-order chi connectivity index (χ0) is 19.4. The summed E-state index contributed by atoms with van der Waals surface area (Å²) in [6.07, 6.45) is 0. The number of ether oxygens (including phenoxy) is 2. The van der Waals surface area contributed by atoms with E-state index in [1.165, 1.54) is 31.4 Å². The number of nitrogens with one attached hydrogen (secondary N) is 1. The lowest BCUT2D eigenvalue weighted by Crippen LogP contribution is -2.16. The largest absolute Gasteiger partial charge is 0.506 e. The van der Waals surface area contributed by atoms with E-state index in [1.807, 2.05) is 0 Å². The van der Waals surface area contributed by atoms with Crippen LogP contribution in [-0.2, 0) is 9.53 Å². The fourth-order valence-corrected chi connectivity index (χ4v) is 2.96. The summed E-state index contributed by atoms with van der Waals surface area (Å²) in [5, 5.41) is 12.8. The zero-order valence-corrected chi connectivity index (χ0v) is 16.1. The zero-order valence-electron chi connectivity index (χ0n) is 13.1. The number of rotatable bonds is 5. The first-order chi connectivity index (χ1) is 12.2. The SMILES string of the molecule is COC(=O)COc1c(Cl)cc(Cl)cc1NC(=O)c1cc(Cl)cc(Cl)c1O. The number of anilines is 1. The maximum atomic E-state index is 12.5. The molecule has 2 N–H and O–H groups in total. The molecule has 1 amide bonds. The molecule has 0 radical (unpaired) electrons. The summed E-state index contributed by atoms with van der Waals surface area (Å²) < 4.78 is 9.78. The summed E-state index contributed by atoms with van der Waals surface area (Å²) in [5.41, 5.74) is -0.0931. The van der Waals surface area contributed by atoms with Crippen molar-refractivity contribution in [2.75, 3.05) is 19.0 Å². The molecule has 0 spiro atoms. The number of carbonyl (C=O) groups is 2. The van der Waals surface area contributed by atoms with Gasteiger partial charge in [-0.15, -0.1) is 0 Å². The normalized spacial score (nSPS) is 10.3. The fraction of sp³-hybridized carbons (Fsp3) is 0.125. The van der Waals surface area contributed by atoms with Crippen molar-refractivity contribution in [1.82, 2.24) is 0 Å². The summed E-state index contributed by atoms with van der Waals surface area (Å²) in [5.74, 6) is -1.83. The minimum atomic E-state index is -0.742. The van der Waals surface area contributed by atoms with Gasteiger partial charge in [-0.25, -0.2) is 4.79 Å². The Hall–Kier alpha value is -1.86. The average molecular weight is 439 g/mol. The lowest BCUT2D eigenvalue weighted by Gasteiger charge is -2.15. The summed E-state index contributed by atoms with van der Waals surface area (Å²) in [7, 11) is 1.20. The van der Waals surface area contributed by atoms with Gasteiger partial charge in [-0.05, 0) is 24.3 Å². The van der Waals surface area contributed by atoms with Gasteiger partial charge in [-0.1, -0.05) is 46.4 Å². The molecule has 10 heteroatoms. The van der Waals surface area contributed by atoms with Crippen LogP contribution in [-0.4, -0.2) is 30.7 Å². The molecule has 0 aromatic heterocycles. The van der Waals surface area contributed by atoms with Gasteiger partial charge in [0.1, 0.15) is 5.75 Å². The van der Waals surface area contributed by atoms with Crippen molar-refractivity contribution in [3.63, 3.8) is 0 Å². The minimum absolute atomic E-state index is 0.00225. The molecule has 2 aromatic carbocycles. The molecule has 0 bridgehead atoms. The number of hydrogen-bond donors (Lipinski definition) is 2. The predicted molar refractivity (Wildman–Crippen MR) is 100 cm³/mol. The molecular formula is C16H11Cl4NO5. The van der Waals surface area contributed by atoms with Crippen molar-refractivity contribution < 1.29 is 24.2 Å². The van der Waals surface area contributed by atoms with Crippen LogP contribution in [0.25, 0.3) is 0 Å². The second-order valence-corrected chi connectivity index (χ2v) is 6.55. The molecule has 138 valence electrons. The van der Waals surface area contributed by atoms with Crippen molar-refractivity contribution in [1.29, 1.82) is 0 Å². The first kappa shape index (κ1) is 20.5.